The Kier molecular flexibility index (Phi) is 6.71. The summed E-state index contributed by atoms with van der Waals surface area (Å²) in [5.74, 6) is 1.42. The standard InChI is InChI=1S/C22H28N2O3/c1-23(16-18-9-5-3-6-10-18)13-7-4-8-14-24-17-19-15-20(26-2)11-12-21(19)27-22(24)25/h3,5-6,9-12,15H,4,7-8,13-14,16-17H2,1-2H3. The zero-order valence-electron chi connectivity index (χ0n) is 16.2. The number of carbonyl (C=O) groups excluding carboxylic acids is 1. The third kappa shape index (κ3) is 5.47. The van der Waals surface area contributed by atoms with Gasteiger partial charge in [-0.05, 0) is 50.2 Å². The third-order valence-electron chi connectivity index (χ3n) is 4.85. The van der Waals surface area contributed by atoms with Crippen LogP contribution < -0.4 is 9.47 Å². The summed E-state index contributed by atoms with van der Waals surface area (Å²) in [6, 6.07) is 16.1. The fourth-order valence-electron chi connectivity index (χ4n) is 3.34. The van der Waals surface area contributed by atoms with E-state index in [1.54, 1.807) is 18.1 Å². The van der Waals surface area contributed by atoms with E-state index in [4.69, 9.17) is 9.47 Å². The van der Waals surface area contributed by atoms with Gasteiger partial charge in [0.25, 0.3) is 0 Å². The molecule has 1 aliphatic rings. The fraction of sp³-hybridized carbons (Fsp3) is 0.409. The minimum Gasteiger partial charge on any atom is -0.497 e. The van der Waals surface area contributed by atoms with Crippen LogP contribution >= 0.6 is 0 Å². The third-order valence-corrected chi connectivity index (χ3v) is 4.85. The molecule has 0 bridgehead atoms. The molecule has 0 radical (unpaired) electrons. The summed E-state index contributed by atoms with van der Waals surface area (Å²) < 4.78 is 10.7. The van der Waals surface area contributed by atoms with E-state index in [0.717, 1.165) is 50.2 Å². The first-order valence-corrected chi connectivity index (χ1v) is 9.52. The average molecular weight is 368 g/mol. The van der Waals surface area contributed by atoms with E-state index in [1.165, 1.54) is 5.56 Å². The first kappa shape index (κ1) is 19.2. The van der Waals surface area contributed by atoms with Crippen LogP contribution in [0.4, 0.5) is 4.79 Å². The summed E-state index contributed by atoms with van der Waals surface area (Å²) in [5.41, 5.74) is 2.33. The first-order valence-electron chi connectivity index (χ1n) is 9.52. The molecule has 0 spiro atoms. The van der Waals surface area contributed by atoms with E-state index >= 15 is 0 Å². The van der Waals surface area contributed by atoms with Gasteiger partial charge in [-0.25, -0.2) is 4.79 Å². The molecule has 0 N–H and O–H groups in total. The molecule has 0 aliphatic carbocycles. The average Bonchev–Trinajstić information content (AvgIpc) is 2.68. The van der Waals surface area contributed by atoms with Crippen molar-refractivity contribution in [3.63, 3.8) is 0 Å². The lowest BCUT2D eigenvalue weighted by molar-refractivity contribution is 0.137. The lowest BCUT2D eigenvalue weighted by atomic mass is 10.1. The van der Waals surface area contributed by atoms with Gasteiger partial charge >= 0.3 is 6.09 Å². The molecule has 0 fully saturated rings. The number of rotatable bonds is 9. The summed E-state index contributed by atoms with van der Waals surface area (Å²) >= 11 is 0. The zero-order chi connectivity index (χ0) is 19.1. The molecule has 2 aromatic rings. The number of ether oxygens (including phenoxy) is 2. The van der Waals surface area contributed by atoms with Gasteiger partial charge in [0.05, 0.1) is 13.7 Å². The van der Waals surface area contributed by atoms with Gasteiger partial charge in [0, 0.05) is 18.7 Å². The molecule has 5 heteroatoms. The van der Waals surface area contributed by atoms with E-state index in [9.17, 15) is 4.79 Å². The van der Waals surface area contributed by atoms with E-state index in [2.05, 4.69) is 36.2 Å². The van der Waals surface area contributed by atoms with Gasteiger partial charge in [-0.2, -0.15) is 0 Å². The monoisotopic (exact) mass is 368 g/mol. The molecule has 0 aromatic heterocycles. The van der Waals surface area contributed by atoms with Crippen LogP contribution in [0.2, 0.25) is 0 Å². The normalized spacial score (nSPS) is 13.4. The van der Waals surface area contributed by atoms with Crippen LogP contribution in [-0.4, -0.2) is 43.1 Å². The van der Waals surface area contributed by atoms with Crippen LogP contribution in [0.5, 0.6) is 11.5 Å². The van der Waals surface area contributed by atoms with Crippen molar-refractivity contribution >= 4 is 6.09 Å². The van der Waals surface area contributed by atoms with Crippen molar-refractivity contribution < 1.29 is 14.3 Å². The number of hydrogen-bond acceptors (Lipinski definition) is 4. The molecule has 27 heavy (non-hydrogen) atoms. The summed E-state index contributed by atoms with van der Waals surface area (Å²) in [6.07, 6.45) is 2.94. The highest BCUT2D eigenvalue weighted by Crippen LogP contribution is 2.29. The number of benzene rings is 2. The van der Waals surface area contributed by atoms with Crippen molar-refractivity contribution in [2.75, 3.05) is 27.2 Å². The van der Waals surface area contributed by atoms with Crippen LogP contribution in [0, 0.1) is 0 Å². The Hall–Kier alpha value is -2.53. The van der Waals surface area contributed by atoms with E-state index < -0.39 is 0 Å². The maximum Gasteiger partial charge on any atom is 0.415 e. The number of carbonyl (C=O) groups is 1. The highest BCUT2D eigenvalue weighted by molar-refractivity contribution is 5.73. The molecular weight excluding hydrogens is 340 g/mol. The fourth-order valence-corrected chi connectivity index (χ4v) is 3.34. The number of nitrogens with zero attached hydrogens (tertiary/aromatic N) is 2. The lowest BCUT2D eigenvalue weighted by Gasteiger charge is -2.28. The number of unbranched alkanes of at least 4 members (excludes halogenated alkanes) is 2. The van der Waals surface area contributed by atoms with Gasteiger partial charge in [0.15, 0.2) is 0 Å². The van der Waals surface area contributed by atoms with Crippen LogP contribution in [0.1, 0.15) is 30.4 Å². The first-order chi connectivity index (χ1) is 13.2. The summed E-state index contributed by atoms with van der Waals surface area (Å²) in [6.45, 7) is 3.33. The highest BCUT2D eigenvalue weighted by Gasteiger charge is 2.24. The quantitative estimate of drug-likeness (QED) is 0.619. The van der Waals surface area contributed by atoms with Gasteiger partial charge < -0.3 is 19.3 Å². The second kappa shape index (κ2) is 9.42. The Balaban J connectivity index is 1.38. The number of fused-ring (bicyclic) bond motifs is 1. The van der Waals surface area contributed by atoms with Crippen LogP contribution in [0.3, 0.4) is 0 Å². The Morgan fingerprint density at radius 1 is 1.11 bits per heavy atom. The molecule has 3 rings (SSSR count). The molecule has 1 aliphatic heterocycles. The molecule has 2 aromatic carbocycles. The van der Waals surface area contributed by atoms with E-state index in [-0.39, 0.29) is 6.09 Å². The van der Waals surface area contributed by atoms with E-state index in [0.29, 0.717) is 12.3 Å². The Bertz CT molecular complexity index is 748. The van der Waals surface area contributed by atoms with Gasteiger partial charge in [0.2, 0.25) is 0 Å². The van der Waals surface area contributed by atoms with Crippen LogP contribution in [0.15, 0.2) is 48.5 Å². The summed E-state index contributed by atoms with van der Waals surface area (Å²) in [4.78, 5) is 16.3. The number of methoxy groups -OCH3 is 1. The summed E-state index contributed by atoms with van der Waals surface area (Å²) in [5, 5.41) is 0. The van der Waals surface area contributed by atoms with Crippen LogP contribution in [-0.2, 0) is 13.1 Å². The minimum absolute atomic E-state index is 0.256. The van der Waals surface area contributed by atoms with Gasteiger partial charge in [-0.3, -0.25) is 0 Å². The van der Waals surface area contributed by atoms with Crippen LogP contribution in [0.25, 0.3) is 0 Å². The topological polar surface area (TPSA) is 42.0 Å². The Labute approximate surface area is 161 Å². The molecule has 144 valence electrons. The molecule has 0 atom stereocenters. The van der Waals surface area contributed by atoms with Gasteiger partial charge in [-0.15, -0.1) is 0 Å². The lowest BCUT2D eigenvalue weighted by Crippen LogP contribution is -2.37. The molecule has 0 saturated heterocycles. The molecule has 1 amide bonds. The predicted octanol–water partition coefficient (Wildman–Crippen LogP) is 4.31. The van der Waals surface area contributed by atoms with Crippen molar-refractivity contribution in [3.05, 3.63) is 59.7 Å². The molecule has 1 heterocycles. The Morgan fingerprint density at radius 2 is 1.93 bits per heavy atom. The van der Waals surface area contributed by atoms with Gasteiger partial charge in [-0.1, -0.05) is 36.8 Å². The molecular formula is C22H28N2O3. The second-order valence-electron chi connectivity index (χ2n) is 7.05. The molecule has 0 unspecified atom stereocenters. The highest BCUT2D eigenvalue weighted by atomic mass is 16.6. The number of amides is 1. The smallest absolute Gasteiger partial charge is 0.415 e. The molecule has 5 nitrogen and oxygen atoms in total. The van der Waals surface area contributed by atoms with Crippen molar-refractivity contribution in [1.82, 2.24) is 9.80 Å². The molecule has 0 saturated carbocycles. The summed E-state index contributed by atoms with van der Waals surface area (Å²) in [7, 11) is 3.79. The SMILES string of the molecule is COc1ccc2c(c1)CN(CCCCCN(C)Cc1ccccc1)C(=O)O2. The maximum atomic E-state index is 12.2. The van der Waals surface area contributed by atoms with Crippen molar-refractivity contribution in [2.24, 2.45) is 0 Å². The largest absolute Gasteiger partial charge is 0.497 e. The van der Waals surface area contributed by atoms with Gasteiger partial charge in [0.1, 0.15) is 11.5 Å². The number of hydrogen-bond donors (Lipinski definition) is 0. The zero-order valence-corrected chi connectivity index (χ0v) is 16.2. The van der Waals surface area contributed by atoms with Crippen molar-refractivity contribution in [3.8, 4) is 11.5 Å². The van der Waals surface area contributed by atoms with Crippen molar-refractivity contribution in [2.45, 2.75) is 32.4 Å². The Morgan fingerprint density at radius 3 is 2.70 bits per heavy atom. The minimum atomic E-state index is -0.256. The second-order valence-corrected chi connectivity index (χ2v) is 7.05. The van der Waals surface area contributed by atoms with Crippen molar-refractivity contribution in [1.29, 1.82) is 0 Å². The maximum absolute atomic E-state index is 12.2. The predicted molar refractivity (Wildman–Crippen MR) is 106 cm³/mol. The van der Waals surface area contributed by atoms with E-state index in [1.807, 2.05) is 18.2 Å².